The summed E-state index contributed by atoms with van der Waals surface area (Å²) in [6.45, 7) is 0. The van der Waals surface area contributed by atoms with Crippen molar-refractivity contribution < 1.29 is 14.7 Å². The zero-order valence-electron chi connectivity index (χ0n) is 11.5. The first kappa shape index (κ1) is 13.7. The fourth-order valence-electron chi connectivity index (χ4n) is 2.79. The Morgan fingerprint density at radius 3 is 2.48 bits per heavy atom. The Bertz CT molecular complexity index is 570. The Morgan fingerprint density at radius 1 is 1.05 bits per heavy atom. The van der Waals surface area contributed by atoms with Crippen LogP contribution in [0.5, 0.6) is 0 Å². The first-order valence-corrected chi connectivity index (χ1v) is 7.16. The second kappa shape index (κ2) is 5.60. The summed E-state index contributed by atoms with van der Waals surface area (Å²) in [5.74, 6) is -0.946. The van der Waals surface area contributed by atoms with Crippen LogP contribution in [-0.2, 0) is 4.79 Å². The molecule has 2 amide bonds. The molecule has 0 heterocycles. The van der Waals surface area contributed by atoms with Crippen LogP contribution < -0.4 is 10.6 Å². The maximum Gasteiger partial charge on any atom is 0.315 e. The van der Waals surface area contributed by atoms with Crippen LogP contribution in [0, 0.1) is 5.92 Å². The highest BCUT2D eigenvalue weighted by molar-refractivity contribution is 5.77. The average Bonchev–Trinajstić information content (AvgIpc) is 3.06. The third kappa shape index (κ3) is 3.24. The molecule has 110 valence electrons. The van der Waals surface area contributed by atoms with Crippen molar-refractivity contribution in [3.05, 3.63) is 48.0 Å². The molecule has 0 radical (unpaired) electrons. The Labute approximate surface area is 123 Å². The number of amides is 2. The van der Waals surface area contributed by atoms with Crippen LogP contribution in [0.15, 0.2) is 42.5 Å². The van der Waals surface area contributed by atoms with Gasteiger partial charge in [0, 0.05) is 12.0 Å². The van der Waals surface area contributed by atoms with Gasteiger partial charge in [-0.25, -0.2) is 4.79 Å². The number of rotatable bonds is 4. The van der Waals surface area contributed by atoms with Crippen molar-refractivity contribution in [3.63, 3.8) is 0 Å². The van der Waals surface area contributed by atoms with Gasteiger partial charge in [-0.15, -0.1) is 0 Å². The molecular weight excluding hydrogens is 268 g/mol. The van der Waals surface area contributed by atoms with Crippen molar-refractivity contribution >= 4 is 12.0 Å². The lowest BCUT2D eigenvalue weighted by molar-refractivity contribution is -0.140. The second-order valence-corrected chi connectivity index (χ2v) is 5.65. The van der Waals surface area contributed by atoms with Crippen LogP contribution in [-0.4, -0.2) is 29.2 Å². The number of nitrogens with one attached hydrogen (secondary N) is 2. The van der Waals surface area contributed by atoms with Crippen molar-refractivity contribution in [2.24, 2.45) is 5.92 Å². The number of carboxylic acids is 1. The van der Waals surface area contributed by atoms with E-state index >= 15 is 0 Å². The molecule has 3 N–H and O–H groups in total. The van der Waals surface area contributed by atoms with Gasteiger partial charge in [-0.05, 0) is 18.4 Å². The molecule has 1 aromatic carbocycles. The summed E-state index contributed by atoms with van der Waals surface area (Å²) in [7, 11) is 0. The van der Waals surface area contributed by atoms with Crippen LogP contribution >= 0.6 is 0 Å². The van der Waals surface area contributed by atoms with E-state index in [2.05, 4.69) is 22.8 Å². The molecule has 0 spiro atoms. The molecule has 0 saturated heterocycles. The fourth-order valence-corrected chi connectivity index (χ4v) is 2.79. The molecule has 0 aromatic heterocycles. The number of benzene rings is 1. The number of carboxylic acid groups (broad SMARTS) is 1. The molecule has 5 nitrogen and oxygen atoms in total. The summed E-state index contributed by atoms with van der Waals surface area (Å²) in [5, 5.41) is 14.7. The summed E-state index contributed by atoms with van der Waals surface area (Å²) in [6.07, 6.45) is 4.77. The standard InChI is InChI=1S/C16H18N2O3/c19-15(20)11-6-7-12(8-11)17-16(21)18-14-9-13(14)10-4-2-1-3-5-10/h1-7,11-14H,8-9H2,(H,19,20)(H2,17,18,21). The minimum absolute atomic E-state index is 0.174. The molecule has 5 heteroatoms. The fraction of sp³-hybridized carbons (Fsp3) is 0.375. The van der Waals surface area contributed by atoms with Gasteiger partial charge in [0.25, 0.3) is 0 Å². The topological polar surface area (TPSA) is 78.4 Å². The Hall–Kier alpha value is -2.30. The van der Waals surface area contributed by atoms with Gasteiger partial charge in [-0.1, -0.05) is 42.5 Å². The Kier molecular flexibility index (Phi) is 3.64. The van der Waals surface area contributed by atoms with Crippen LogP contribution in [0.1, 0.15) is 24.3 Å². The lowest BCUT2D eigenvalue weighted by Gasteiger charge is -2.13. The number of urea groups is 1. The summed E-state index contributed by atoms with van der Waals surface area (Å²) in [6, 6.07) is 9.88. The zero-order valence-corrected chi connectivity index (χ0v) is 11.5. The molecule has 1 fully saturated rings. The van der Waals surface area contributed by atoms with Crippen molar-refractivity contribution in [2.75, 3.05) is 0 Å². The summed E-state index contributed by atoms with van der Waals surface area (Å²) >= 11 is 0. The predicted molar refractivity (Wildman–Crippen MR) is 77.9 cm³/mol. The third-order valence-electron chi connectivity index (χ3n) is 4.05. The van der Waals surface area contributed by atoms with Crippen LogP contribution in [0.25, 0.3) is 0 Å². The van der Waals surface area contributed by atoms with Gasteiger partial charge in [0.1, 0.15) is 0 Å². The molecule has 0 bridgehead atoms. The largest absolute Gasteiger partial charge is 0.481 e. The van der Waals surface area contributed by atoms with E-state index in [1.165, 1.54) is 5.56 Å². The number of carbonyl (C=O) groups excluding carboxylic acids is 1. The predicted octanol–water partition coefficient (Wildman–Crippen LogP) is 1.87. The van der Waals surface area contributed by atoms with Crippen LogP contribution in [0.3, 0.4) is 0 Å². The van der Waals surface area contributed by atoms with Gasteiger partial charge in [0.05, 0.1) is 12.0 Å². The Morgan fingerprint density at radius 2 is 1.81 bits per heavy atom. The van der Waals surface area contributed by atoms with E-state index in [1.807, 2.05) is 18.2 Å². The highest BCUT2D eigenvalue weighted by Crippen LogP contribution is 2.40. The van der Waals surface area contributed by atoms with E-state index in [0.29, 0.717) is 12.3 Å². The van der Waals surface area contributed by atoms with Gasteiger partial charge in [0.2, 0.25) is 0 Å². The maximum atomic E-state index is 11.9. The molecule has 1 saturated carbocycles. The summed E-state index contributed by atoms with van der Waals surface area (Å²) in [4.78, 5) is 22.7. The molecule has 2 aliphatic carbocycles. The number of hydrogen-bond donors (Lipinski definition) is 3. The van der Waals surface area contributed by atoms with Crippen LogP contribution in [0.4, 0.5) is 4.79 Å². The van der Waals surface area contributed by atoms with Gasteiger partial charge >= 0.3 is 12.0 Å². The summed E-state index contributed by atoms with van der Waals surface area (Å²) < 4.78 is 0. The van der Waals surface area contributed by atoms with Crippen molar-refractivity contribution in [3.8, 4) is 0 Å². The lowest BCUT2D eigenvalue weighted by atomic mass is 10.1. The van der Waals surface area contributed by atoms with Gasteiger partial charge in [-0.3, -0.25) is 4.79 Å². The molecule has 4 unspecified atom stereocenters. The smallest absolute Gasteiger partial charge is 0.315 e. The first-order valence-electron chi connectivity index (χ1n) is 7.16. The highest BCUT2D eigenvalue weighted by Gasteiger charge is 2.39. The molecule has 21 heavy (non-hydrogen) atoms. The second-order valence-electron chi connectivity index (χ2n) is 5.65. The number of aliphatic carboxylic acids is 1. The lowest BCUT2D eigenvalue weighted by Crippen LogP contribution is -2.42. The van der Waals surface area contributed by atoms with Crippen LogP contribution in [0.2, 0.25) is 0 Å². The zero-order chi connectivity index (χ0) is 14.8. The van der Waals surface area contributed by atoms with Crippen molar-refractivity contribution in [1.82, 2.24) is 10.6 Å². The monoisotopic (exact) mass is 286 g/mol. The van der Waals surface area contributed by atoms with Gasteiger partial charge < -0.3 is 15.7 Å². The first-order chi connectivity index (χ1) is 10.1. The number of hydrogen-bond acceptors (Lipinski definition) is 2. The van der Waals surface area contributed by atoms with E-state index in [4.69, 9.17) is 5.11 Å². The molecule has 4 atom stereocenters. The molecule has 3 rings (SSSR count). The van der Waals surface area contributed by atoms with E-state index in [0.717, 1.165) is 6.42 Å². The third-order valence-corrected chi connectivity index (χ3v) is 4.05. The highest BCUT2D eigenvalue weighted by atomic mass is 16.4. The van der Waals surface area contributed by atoms with Crippen molar-refractivity contribution in [2.45, 2.75) is 30.8 Å². The van der Waals surface area contributed by atoms with Gasteiger partial charge in [-0.2, -0.15) is 0 Å². The normalized spacial score (nSPS) is 29.9. The van der Waals surface area contributed by atoms with E-state index in [-0.39, 0.29) is 18.1 Å². The van der Waals surface area contributed by atoms with E-state index in [1.54, 1.807) is 12.2 Å². The average molecular weight is 286 g/mol. The SMILES string of the molecule is O=C(NC1C=CC(C(=O)O)C1)NC1CC1c1ccccc1. The molecule has 0 aliphatic heterocycles. The minimum Gasteiger partial charge on any atom is -0.481 e. The van der Waals surface area contributed by atoms with Gasteiger partial charge in [0.15, 0.2) is 0 Å². The quantitative estimate of drug-likeness (QED) is 0.739. The minimum atomic E-state index is -0.845. The van der Waals surface area contributed by atoms with E-state index in [9.17, 15) is 9.59 Å². The maximum absolute atomic E-state index is 11.9. The van der Waals surface area contributed by atoms with E-state index < -0.39 is 11.9 Å². The number of carbonyl (C=O) groups is 2. The molecular formula is C16H18N2O3. The molecule has 1 aromatic rings. The van der Waals surface area contributed by atoms with Crippen molar-refractivity contribution in [1.29, 1.82) is 0 Å². The summed E-state index contributed by atoms with van der Waals surface area (Å²) in [5.41, 5.74) is 1.24. The Balaban J connectivity index is 1.44. The molecule has 2 aliphatic rings.